The highest BCUT2D eigenvalue weighted by atomic mass is 32.2. The van der Waals surface area contributed by atoms with E-state index in [1.807, 2.05) is 36.4 Å². The van der Waals surface area contributed by atoms with Crippen molar-refractivity contribution in [2.75, 3.05) is 11.6 Å². The van der Waals surface area contributed by atoms with E-state index in [1.165, 1.54) is 12.1 Å². The lowest BCUT2D eigenvalue weighted by atomic mass is 10.2. The second-order valence-electron chi connectivity index (χ2n) is 5.91. The van der Waals surface area contributed by atoms with Crippen LogP contribution >= 0.6 is 11.8 Å². The van der Waals surface area contributed by atoms with Crippen molar-refractivity contribution in [1.82, 2.24) is 4.98 Å². The molecule has 0 saturated heterocycles. The van der Waals surface area contributed by atoms with Gasteiger partial charge in [-0.2, -0.15) is 0 Å². The summed E-state index contributed by atoms with van der Waals surface area (Å²) in [5.74, 6) is 0.375. The van der Waals surface area contributed by atoms with Crippen molar-refractivity contribution in [3.05, 3.63) is 84.1 Å². The molecule has 1 N–H and O–H groups in total. The number of pyridine rings is 1. The number of rotatable bonds is 6. The number of anilines is 1. The van der Waals surface area contributed by atoms with Crippen molar-refractivity contribution in [3.63, 3.8) is 0 Å². The van der Waals surface area contributed by atoms with E-state index in [1.54, 1.807) is 36.2 Å². The summed E-state index contributed by atoms with van der Waals surface area (Å²) in [6.07, 6.45) is 2.87. The van der Waals surface area contributed by atoms with Crippen molar-refractivity contribution >= 4 is 33.2 Å². The Morgan fingerprint density at radius 2 is 1.85 bits per heavy atom. The number of sulfone groups is 1. The van der Waals surface area contributed by atoms with Gasteiger partial charge in [-0.1, -0.05) is 24.3 Å². The van der Waals surface area contributed by atoms with Gasteiger partial charge in [0, 0.05) is 29.5 Å². The number of thioether (sulfide) groups is 1. The minimum absolute atomic E-state index is 0.121. The number of nitrogens with one attached hydrogen (secondary N) is 1. The van der Waals surface area contributed by atoms with E-state index in [4.69, 9.17) is 0 Å². The first kappa shape index (κ1) is 19.1. The van der Waals surface area contributed by atoms with Gasteiger partial charge in [0.1, 0.15) is 0 Å². The third-order valence-electron chi connectivity index (χ3n) is 3.73. The Morgan fingerprint density at radius 3 is 2.59 bits per heavy atom. The largest absolute Gasteiger partial charge is 0.322 e. The number of hydrogen-bond donors (Lipinski definition) is 1. The van der Waals surface area contributed by atoms with Gasteiger partial charge in [0.05, 0.1) is 9.92 Å². The molecule has 0 spiro atoms. The van der Waals surface area contributed by atoms with Crippen LogP contribution in [-0.4, -0.2) is 25.6 Å². The fourth-order valence-corrected chi connectivity index (χ4v) is 3.87. The lowest BCUT2D eigenvalue weighted by Crippen LogP contribution is -2.12. The van der Waals surface area contributed by atoms with Gasteiger partial charge in [-0.15, -0.1) is 11.8 Å². The van der Waals surface area contributed by atoms with Crippen LogP contribution in [0.1, 0.15) is 15.9 Å². The van der Waals surface area contributed by atoms with Crippen molar-refractivity contribution in [2.24, 2.45) is 0 Å². The number of nitrogens with zero attached hydrogens (tertiary/aromatic N) is 1. The van der Waals surface area contributed by atoms with Gasteiger partial charge >= 0.3 is 0 Å². The SMILES string of the molecule is CS(=O)(=O)c1cccc(C(=O)Nc2cccc(CSc3ccccn3)c2)c1. The predicted molar refractivity (Wildman–Crippen MR) is 108 cm³/mol. The first-order chi connectivity index (χ1) is 12.9. The quantitative estimate of drug-likeness (QED) is 0.635. The van der Waals surface area contributed by atoms with E-state index >= 15 is 0 Å². The summed E-state index contributed by atoms with van der Waals surface area (Å²) in [6, 6.07) is 19.3. The van der Waals surface area contributed by atoms with Crippen LogP contribution in [0.2, 0.25) is 0 Å². The lowest BCUT2D eigenvalue weighted by molar-refractivity contribution is 0.102. The molecule has 0 aliphatic heterocycles. The average Bonchev–Trinajstić information content (AvgIpc) is 2.67. The minimum atomic E-state index is -3.36. The van der Waals surface area contributed by atoms with Crippen LogP contribution in [0, 0.1) is 0 Å². The third-order valence-corrected chi connectivity index (χ3v) is 5.86. The van der Waals surface area contributed by atoms with Gasteiger partial charge in [0.2, 0.25) is 0 Å². The molecule has 0 saturated carbocycles. The van der Waals surface area contributed by atoms with Gasteiger partial charge in [-0.05, 0) is 48.0 Å². The summed E-state index contributed by atoms with van der Waals surface area (Å²) in [7, 11) is -3.36. The molecule has 0 radical (unpaired) electrons. The topological polar surface area (TPSA) is 76.1 Å². The van der Waals surface area contributed by atoms with E-state index in [0.717, 1.165) is 22.6 Å². The van der Waals surface area contributed by atoms with Gasteiger partial charge in [-0.3, -0.25) is 4.79 Å². The molecule has 7 heteroatoms. The maximum Gasteiger partial charge on any atom is 0.255 e. The number of benzene rings is 2. The fraction of sp³-hybridized carbons (Fsp3) is 0.100. The summed E-state index contributed by atoms with van der Waals surface area (Å²) in [5, 5.41) is 3.75. The van der Waals surface area contributed by atoms with E-state index in [0.29, 0.717) is 11.3 Å². The van der Waals surface area contributed by atoms with Crippen LogP contribution in [0.3, 0.4) is 0 Å². The van der Waals surface area contributed by atoms with Crippen LogP contribution < -0.4 is 5.32 Å². The molecular weight excluding hydrogens is 380 g/mol. The molecule has 3 rings (SSSR count). The zero-order chi connectivity index (χ0) is 19.3. The Hall–Kier alpha value is -2.64. The molecule has 0 aliphatic carbocycles. The van der Waals surface area contributed by atoms with Gasteiger partial charge in [0.25, 0.3) is 5.91 Å². The first-order valence-electron chi connectivity index (χ1n) is 8.16. The van der Waals surface area contributed by atoms with Crippen molar-refractivity contribution in [3.8, 4) is 0 Å². The Morgan fingerprint density at radius 1 is 1.04 bits per heavy atom. The van der Waals surface area contributed by atoms with Crippen LogP contribution in [-0.2, 0) is 15.6 Å². The summed E-state index contributed by atoms with van der Waals surface area (Å²) in [6.45, 7) is 0. The van der Waals surface area contributed by atoms with Crippen molar-refractivity contribution in [1.29, 1.82) is 0 Å². The number of amides is 1. The van der Waals surface area contributed by atoms with Gasteiger partial charge < -0.3 is 5.32 Å². The molecule has 0 atom stereocenters. The molecule has 0 fully saturated rings. The van der Waals surface area contributed by atoms with Crippen LogP contribution in [0.4, 0.5) is 5.69 Å². The third kappa shape index (κ3) is 5.42. The molecule has 3 aromatic rings. The fourth-order valence-electron chi connectivity index (χ4n) is 2.40. The highest BCUT2D eigenvalue weighted by Gasteiger charge is 2.12. The molecule has 2 aromatic carbocycles. The minimum Gasteiger partial charge on any atom is -0.322 e. The zero-order valence-corrected chi connectivity index (χ0v) is 16.3. The molecule has 1 amide bonds. The normalized spacial score (nSPS) is 11.1. The molecule has 0 aliphatic rings. The summed E-state index contributed by atoms with van der Waals surface area (Å²) in [5.41, 5.74) is 2.00. The molecule has 0 unspecified atom stereocenters. The predicted octanol–water partition coefficient (Wildman–Crippen LogP) is 4.03. The molecule has 1 heterocycles. The Kier molecular flexibility index (Phi) is 5.93. The number of carbonyl (C=O) groups excluding carboxylic acids is 1. The van der Waals surface area contributed by atoms with Crippen LogP contribution in [0.25, 0.3) is 0 Å². The van der Waals surface area contributed by atoms with Crippen molar-refractivity contribution < 1.29 is 13.2 Å². The van der Waals surface area contributed by atoms with Gasteiger partial charge in [-0.25, -0.2) is 13.4 Å². The molecule has 27 heavy (non-hydrogen) atoms. The Labute approximate surface area is 162 Å². The second-order valence-corrected chi connectivity index (χ2v) is 8.92. The van der Waals surface area contributed by atoms with E-state index in [2.05, 4.69) is 10.3 Å². The van der Waals surface area contributed by atoms with E-state index < -0.39 is 9.84 Å². The van der Waals surface area contributed by atoms with Crippen LogP contribution in [0.15, 0.2) is 82.8 Å². The summed E-state index contributed by atoms with van der Waals surface area (Å²) >= 11 is 1.61. The van der Waals surface area contributed by atoms with E-state index in [-0.39, 0.29) is 10.8 Å². The Bertz CT molecular complexity index is 1050. The maximum atomic E-state index is 12.5. The number of carbonyl (C=O) groups is 1. The molecule has 1 aromatic heterocycles. The standard InChI is InChI=1S/C20H18N2O3S2/c1-27(24,25)18-9-5-7-16(13-18)20(23)22-17-8-4-6-15(12-17)14-26-19-10-2-3-11-21-19/h2-13H,14H2,1H3,(H,22,23). The Balaban J connectivity index is 1.70. The van der Waals surface area contributed by atoms with Gasteiger partial charge in [0.15, 0.2) is 9.84 Å². The second kappa shape index (κ2) is 8.37. The average molecular weight is 399 g/mol. The first-order valence-corrected chi connectivity index (χ1v) is 11.0. The monoisotopic (exact) mass is 398 g/mol. The number of aromatic nitrogens is 1. The molecule has 5 nitrogen and oxygen atoms in total. The molecular formula is C20H18N2O3S2. The highest BCUT2D eigenvalue weighted by Crippen LogP contribution is 2.22. The lowest BCUT2D eigenvalue weighted by Gasteiger charge is -2.08. The summed E-state index contributed by atoms with van der Waals surface area (Å²) in [4.78, 5) is 16.9. The highest BCUT2D eigenvalue weighted by molar-refractivity contribution is 7.98. The number of hydrogen-bond acceptors (Lipinski definition) is 5. The smallest absolute Gasteiger partial charge is 0.255 e. The molecule has 138 valence electrons. The summed E-state index contributed by atoms with van der Waals surface area (Å²) < 4.78 is 23.3. The molecule has 0 bridgehead atoms. The maximum absolute atomic E-state index is 12.5. The zero-order valence-electron chi connectivity index (χ0n) is 14.6. The van der Waals surface area contributed by atoms with E-state index in [9.17, 15) is 13.2 Å². The van der Waals surface area contributed by atoms with Crippen LogP contribution in [0.5, 0.6) is 0 Å². The van der Waals surface area contributed by atoms with Crippen molar-refractivity contribution in [2.45, 2.75) is 15.7 Å².